The van der Waals surface area contributed by atoms with Crippen LogP contribution in [0.3, 0.4) is 0 Å². The van der Waals surface area contributed by atoms with Crippen molar-refractivity contribution >= 4 is 27.5 Å². The van der Waals surface area contributed by atoms with Gasteiger partial charge in [0.2, 0.25) is 5.91 Å². The molecule has 0 fully saturated rings. The maximum atomic E-state index is 12.7. The molecule has 0 saturated carbocycles. The van der Waals surface area contributed by atoms with Gasteiger partial charge < -0.3 is 9.88 Å². The zero-order chi connectivity index (χ0) is 22.2. The van der Waals surface area contributed by atoms with Crippen LogP contribution in [0.1, 0.15) is 46.7 Å². The number of nitrogens with zero attached hydrogens (tertiary/aromatic N) is 2. The Kier molecular flexibility index (Phi) is 5.88. The van der Waals surface area contributed by atoms with Crippen molar-refractivity contribution in [3.05, 3.63) is 62.0 Å². The summed E-state index contributed by atoms with van der Waals surface area (Å²) in [5.41, 5.74) is 0.871. The Morgan fingerprint density at radius 3 is 2.61 bits per heavy atom. The molecule has 0 unspecified atom stereocenters. The van der Waals surface area contributed by atoms with Crippen LogP contribution in [0.25, 0.3) is 10.2 Å². The van der Waals surface area contributed by atoms with Crippen molar-refractivity contribution in [2.45, 2.75) is 51.2 Å². The lowest BCUT2D eigenvalue weighted by molar-refractivity contribution is -0.137. The van der Waals surface area contributed by atoms with Crippen molar-refractivity contribution in [3.8, 4) is 0 Å². The molecule has 0 spiro atoms. The smallest absolute Gasteiger partial charge is 0.341 e. The summed E-state index contributed by atoms with van der Waals surface area (Å²) in [6, 6.07) is 4.77. The van der Waals surface area contributed by atoms with E-state index in [9.17, 15) is 22.8 Å². The van der Waals surface area contributed by atoms with Gasteiger partial charge in [0.15, 0.2) is 0 Å². The van der Waals surface area contributed by atoms with Crippen molar-refractivity contribution < 1.29 is 18.0 Å². The van der Waals surface area contributed by atoms with Crippen LogP contribution in [0.5, 0.6) is 0 Å². The topological polar surface area (TPSA) is 66.1 Å². The molecular weight excluding hydrogens is 427 g/mol. The van der Waals surface area contributed by atoms with Gasteiger partial charge in [0, 0.05) is 31.3 Å². The molecule has 2 aromatic heterocycles. The number of alkyl halides is 3. The molecule has 1 aliphatic rings. The standard InChI is InChI=1S/C22H22F3N3O2S/c1-28(12-13-6-8-14(9-7-13)22(23,24)25)18(29)11-10-17-26-20(30)19-15-4-2-3-5-16(15)31-21(19)27-17/h6-9H,2-5,10-12H2,1H3,(H,26,27,30). The lowest BCUT2D eigenvalue weighted by atomic mass is 9.97. The van der Waals surface area contributed by atoms with Gasteiger partial charge >= 0.3 is 6.18 Å². The normalized spacial score (nSPS) is 13.9. The number of aromatic amines is 1. The van der Waals surface area contributed by atoms with E-state index >= 15 is 0 Å². The molecular formula is C22H22F3N3O2S. The van der Waals surface area contributed by atoms with Gasteiger partial charge in [0.05, 0.1) is 10.9 Å². The van der Waals surface area contributed by atoms with Gasteiger partial charge in [-0.2, -0.15) is 13.2 Å². The molecule has 1 amide bonds. The summed E-state index contributed by atoms with van der Waals surface area (Å²) in [7, 11) is 1.60. The Morgan fingerprint density at radius 1 is 1.19 bits per heavy atom. The van der Waals surface area contributed by atoms with E-state index in [0.29, 0.717) is 23.2 Å². The number of nitrogens with one attached hydrogen (secondary N) is 1. The first-order valence-electron chi connectivity index (χ1n) is 10.2. The maximum absolute atomic E-state index is 12.7. The highest BCUT2D eigenvalue weighted by Gasteiger charge is 2.30. The van der Waals surface area contributed by atoms with Crippen molar-refractivity contribution in [1.82, 2.24) is 14.9 Å². The van der Waals surface area contributed by atoms with E-state index in [1.165, 1.54) is 21.9 Å². The van der Waals surface area contributed by atoms with Crippen molar-refractivity contribution in [3.63, 3.8) is 0 Å². The van der Waals surface area contributed by atoms with Gasteiger partial charge in [-0.05, 0) is 48.9 Å². The number of carbonyl (C=O) groups is 1. The molecule has 2 heterocycles. The third kappa shape index (κ3) is 4.66. The van der Waals surface area contributed by atoms with Crippen LogP contribution in [0.15, 0.2) is 29.1 Å². The number of rotatable bonds is 5. The summed E-state index contributed by atoms with van der Waals surface area (Å²) >= 11 is 1.57. The Balaban J connectivity index is 1.40. The number of hydrogen-bond donors (Lipinski definition) is 1. The van der Waals surface area contributed by atoms with Crippen LogP contribution in [-0.4, -0.2) is 27.8 Å². The average molecular weight is 449 g/mol. The number of fused-ring (bicyclic) bond motifs is 3. The summed E-state index contributed by atoms with van der Waals surface area (Å²) in [6.45, 7) is 0.206. The molecule has 0 aliphatic heterocycles. The summed E-state index contributed by atoms with van der Waals surface area (Å²) in [5.74, 6) is 0.306. The van der Waals surface area contributed by atoms with Gasteiger partial charge in [-0.15, -0.1) is 11.3 Å². The lowest BCUT2D eigenvalue weighted by Gasteiger charge is -2.17. The number of carbonyl (C=O) groups excluding carboxylic acids is 1. The van der Waals surface area contributed by atoms with Gasteiger partial charge in [0.1, 0.15) is 10.7 Å². The fourth-order valence-corrected chi connectivity index (χ4v) is 5.19. The first kappa shape index (κ1) is 21.5. The molecule has 0 atom stereocenters. The Hall–Kier alpha value is -2.68. The first-order valence-corrected chi connectivity index (χ1v) is 11.0. The van der Waals surface area contributed by atoms with Crippen molar-refractivity contribution in [2.24, 2.45) is 0 Å². The van der Waals surface area contributed by atoms with Crippen LogP contribution < -0.4 is 5.56 Å². The van der Waals surface area contributed by atoms with E-state index in [1.54, 1.807) is 18.4 Å². The fraction of sp³-hybridized carbons (Fsp3) is 0.409. The second kappa shape index (κ2) is 8.45. The quantitative estimate of drug-likeness (QED) is 0.625. The van der Waals surface area contributed by atoms with Gasteiger partial charge in [-0.1, -0.05) is 12.1 Å². The number of thiophene rings is 1. The van der Waals surface area contributed by atoms with Crippen LogP contribution in [0.2, 0.25) is 0 Å². The predicted molar refractivity (Wildman–Crippen MR) is 113 cm³/mol. The zero-order valence-corrected chi connectivity index (χ0v) is 17.8. The molecule has 3 aromatic rings. The fourth-order valence-electron chi connectivity index (χ4n) is 3.90. The number of hydrogen-bond acceptors (Lipinski definition) is 4. The number of halogens is 3. The van der Waals surface area contributed by atoms with E-state index in [-0.39, 0.29) is 24.4 Å². The predicted octanol–water partition coefficient (Wildman–Crippen LogP) is 4.47. The average Bonchev–Trinajstić information content (AvgIpc) is 3.10. The van der Waals surface area contributed by atoms with E-state index < -0.39 is 11.7 Å². The summed E-state index contributed by atoms with van der Waals surface area (Å²) in [6.07, 6.45) is 0.170. The minimum absolute atomic E-state index is 0.148. The number of aryl methyl sites for hydroxylation is 3. The Labute approximate surface area is 180 Å². The Bertz CT molecular complexity index is 1170. The number of amides is 1. The van der Waals surface area contributed by atoms with Crippen LogP contribution >= 0.6 is 11.3 Å². The summed E-state index contributed by atoms with van der Waals surface area (Å²) in [4.78, 5) is 35.9. The van der Waals surface area contributed by atoms with Crippen LogP contribution in [0.4, 0.5) is 13.2 Å². The van der Waals surface area contributed by atoms with E-state index in [1.807, 2.05) is 0 Å². The highest BCUT2D eigenvalue weighted by molar-refractivity contribution is 7.18. The van der Waals surface area contributed by atoms with Crippen molar-refractivity contribution in [2.75, 3.05) is 7.05 Å². The van der Waals surface area contributed by atoms with Gasteiger partial charge in [0.25, 0.3) is 5.56 Å². The largest absolute Gasteiger partial charge is 0.416 e. The minimum Gasteiger partial charge on any atom is -0.341 e. The lowest BCUT2D eigenvalue weighted by Crippen LogP contribution is -2.27. The minimum atomic E-state index is -4.38. The second-order valence-corrected chi connectivity index (χ2v) is 8.93. The second-order valence-electron chi connectivity index (χ2n) is 7.85. The monoisotopic (exact) mass is 449 g/mol. The van der Waals surface area contributed by atoms with E-state index in [2.05, 4.69) is 9.97 Å². The molecule has 0 bridgehead atoms. The number of H-pyrrole nitrogens is 1. The zero-order valence-electron chi connectivity index (χ0n) is 17.0. The van der Waals surface area contributed by atoms with Crippen LogP contribution in [0, 0.1) is 0 Å². The molecule has 1 aromatic carbocycles. The SMILES string of the molecule is CN(Cc1ccc(C(F)(F)F)cc1)C(=O)CCc1nc2sc3c(c2c(=O)[nH]1)CCCC3. The molecule has 0 radical (unpaired) electrons. The third-order valence-corrected chi connectivity index (χ3v) is 6.76. The molecule has 9 heteroatoms. The summed E-state index contributed by atoms with van der Waals surface area (Å²) in [5, 5.41) is 0.689. The highest BCUT2D eigenvalue weighted by Crippen LogP contribution is 2.33. The van der Waals surface area contributed by atoms with E-state index in [4.69, 9.17) is 0 Å². The first-order chi connectivity index (χ1) is 14.7. The molecule has 4 rings (SSSR count). The highest BCUT2D eigenvalue weighted by atomic mass is 32.1. The van der Waals surface area contributed by atoms with Gasteiger partial charge in [-0.25, -0.2) is 4.98 Å². The van der Waals surface area contributed by atoms with E-state index in [0.717, 1.165) is 48.2 Å². The molecule has 1 N–H and O–H groups in total. The molecule has 5 nitrogen and oxygen atoms in total. The van der Waals surface area contributed by atoms with Gasteiger partial charge in [-0.3, -0.25) is 9.59 Å². The molecule has 0 saturated heterocycles. The van der Waals surface area contributed by atoms with Crippen LogP contribution in [-0.2, 0) is 36.8 Å². The number of benzene rings is 1. The number of aromatic nitrogens is 2. The third-order valence-electron chi connectivity index (χ3n) is 5.58. The molecule has 164 valence electrons. The molecule has 1 aliphatic carbocycles. The summed E-state index contributed by atoms with van der Waals surface area (Å²) < 4.78 is 38.0. The maximum Gasteiger partial charge on any atom is 0.416 e. The Morgan fingerprint density at radius 2 is 1.90 bits per heavy atom. The van der Waals surface area contributed by atoms with Crippen molar-refractivity contribution in [1.29, 1.82) is 0 Å². The molecule has 31 heavy (non-hydrogen) atoms.